The molecular weight excluding hydrogens is 499 g/mol. The van der Waals surface area contributed by atoms with Crippen molar-refractivity contribution in [3.8, 4) is 23.0 Å². The number of rotatable bonds is 8. The molecule has 0 radical (unpaired) electrons. The van der Waals surface area contributed by atoms with Crippen molar-refractivity contribution in [1.82, 2.24) is 15.1 Å². The SMILES string of the molecule is CC(C)(C)CC(O)[C@H](Cc1nc(-c2ccc(Oc3ncc(Br)cc3F)cc2)no1)OC(N)=O. The first-order valence-electron chi connectivity index (χ1n) is 10.1. The number of benzene rings is 1. The number of nitrogens with zero attached hydrogens (tertiary/aromatic N) is 3. The number of halogens is 2. The number of aromatic nitrogens is 3. The minimum atomic E-state index is -1.00. The van der Waals surface area contributed by atoms with Crippen LogP contribution in [0.5, 0.6) is 11.6 Å². The summed E-state index contributed by atoms with van der Waals surface area (Å²) in [5, 5.41) is 14.4. The predicted octanol–water partition coefficient (Wildman–Crippen LogP) is 4.63. The fraction of sp³-hybridized carbons (Fsp3) is 0.364. The number of carbonyl (C=O) groups is 1. The van der Waals surface area contributed by atoms with Crippen LogP contribution in [0.25, 0.3) is 11.4 Å². The second-order valence-electron chi connectivity index (χ2n) is 8.59. The van der Waals surface area contributed by atoms with Crippen LogP contribution >= 0.6 is 15.9 Å². The highest BCUT2D eigenvalue weighted by atomic mass is 79.9. The van der Waals surface area contributed by atoms with Crippen molar-refractivity contribution in [2.75, 3.05) is 0 Å². The van der Waals surface area contributed by atoms with E-state index < -0.39 is 24.1 Å². The predicted molar refractivity (Wildman–Crippen MR) is 120 cm³/mol. The Bertz CT molecular complexity index is 1100. The van der Waals surface area contributed by atoms with Gasteiger partial charge in [0.25, 0.3) is 5.88 Å². The summed E-state index contributed by atoms with van der Waals surface area (Å²) in [7, 11) is 0. The van der Waals surface area contributed by atoms with Crippen LogP contribution in [-0.4, -0.2) is 38.5 Å². The summed E-state index contributed by atoms with van der Waals surface area (Å²) in [6.45, 7) is 5.87. The topological polar surface area (TPSA) is 134 Å². The highest BCUT2D eigenvalue weighted by molar-refractivity contribution is 9.10. The largest absolute Gasteiger partial charge is 0.443 e. The number of aliphatic hydroxyl groups is 1. The van der Waals surface area contributed by atoms with E-state index in [1.165, 1.54) is 12.3 Å². The van der Waals surface area contributed by atoms with Gasteiger partial charge in [-0.25, -0.2) is 14.2 Å². The number of pyridine rings is 1. The Hall–Kier alpha value is -3.05. The van der Waals surface area contributed by atoms with Crippen LogP contribution in [0.4, 0.5) is 9.18 Å². The first-order valence-corrected chi connectivity index (χ1v) is 10.9. The number of aliphatic hydroxyl groups excluding tert-OH is 1. The van der Waals surface area contributed by atoms with Gasteiger partial charge >= 0.3 is 6.09 Å². The Morgan fingerprint density at radius 3 is 2.61 bits per heavy atom. The van der Waals surface area contributed by atoms with Crippen LogP contribution in [0, 0.1) is 11.2 Å². The molecule has 2 atom stereocenters. The molecule has 33 heavy (non-hydrogen) atoms. The molecule has 0 fully saturated rings. The van der Waals surface area contributed by atoms with E-state index in [4.69, 9.17) is 19.7 Å². The number of nitrogens with two attached hydrogens (primary N) is 1. The highest BCUT2D eigenvalue weighted by Gasteiger charge is 2.29. The molecule has 2 heterocycles. The lowest BCUT2D eigenvalue weighted by Crippen LogP contribution is -2.37. The smallest absolute Gasteiger partial charge is 0.404 e. The summed E-state index contributed by atoms with van der Waals surface area (Å²) in [5.41, 5.74) is 5.57. The number of hydrogen-bond donors (Lipinski definition) is 2. The minimum absolute atomic E-state index is 0.00287. The molecule has 1 aromatic carbocycles. The Morgan fingerprint density at radius 1 is 1.30 bits per heavy atom. The molecule has 0 saturated carbocycles. The zero-order valence-corrected chi connectivity index (χ0v) is 19.9. The third kappa shape index (κ3) is 7.22. The van der Waals surface area contributed by atoms with Gasteiger partial charge in [0, 0.05) is 16.2 Å². The van der Waals surface area contributed by atoms with Crippen LogP contribution < -0.4 is 10.5 Å². The number of hydrogen-bond acceptors (Lipinski definition) is 8. The quantitative estimate of drug-likeness (QED) is 0.437. The van der Waals surface area contributed by atoms with Crippen molar-refractivity contribution < 1.29 is 28.3 Å². The van der Waals surface area contributed by atoms with E-state index in [1.54, 1.807) is 24.3 Å². The first-order chi connectivity index (χ1) is 15.5. The van der Waals surface area contributed by atoms with Crippen molar-refractivity contribution in [2.45, 2.75) is 45.8 Å². The fourth-order valence-electron chi connectivity index (χ4n) is 3.05. The summed E-state index contributed by atoms with van der Waals surface area (Å²) >= 11 is 3.14. The molecule has 1 unspecified atom stereocenters. The summed E-state index contributed by atoms with van der Waals surface area (Å²) in [5.74, 6) is 0.0782. The van der Waals surface area contributed by atoms with E-state index in [1.807, 2.05) is 20.8 Å². The molecule has 0 bridgehead atoms. The van der Waals surface area contributed by atoms with E-state index in [2.05, 4.69) is 31.1 Å². The molecule has 9 nitrogen and oxygen atoms in total. The van der Waals surface area contributed by atoms with Gasteiger partial charge in [0.05, 0.1) is 12.5 Å². The highest BCUT2D eigenvalue weighted by Crippen LogP contribution is 2.27. The maximum absolute atomic E-state index is 13.9. The molecule has 2 aromatic heterocycles. The van der Waals surface area contributed by atoms with E-state index in [-0.39, 0.29) is 29.4 Å². The molecule has 176 valence electrons. The molecule has 0 aliphatic rings. The van der Waals surface area contributed by atoms with Gasteiger partial charge in [-0.3, -0.25) is 0 Å². The molecule has 0 aliphatic carbocycles. The van der Waals surface area contributed by atoms with Gasteiger partial charge in [-0.2, -0.15) is 4.98 Å². The zero-order valence-electron chi connectivity index (χ0n) is 18.3. The summed E-state index contributed by atoms with van der Waals surface area (Å²) in [6.07, 6.45) is -1.08. The first kappa shape index (κ1) is 24.6. The molecular formula is C22H24BrFN4O5. The Balaban J connectivity index is 1.70. The standard InChI is InChI=1S/C22H24BrFN4O5/c1-22(2,3)10-16(29)17(32-21(25)30)9-18-27-19(28-33-18)12-4-6-14(7-5-12)31-20-15(24)8-13(23)11-26-20/h4-8,11,16-17,29H,9-10H2,1-3H3,(H2,25,30)/t16?,17-/m0/s1. The number of amides is 1. The average molecular weight is 523 g/mol. The summed E-state index contributed by atoms with van der Waals surface area (Å²) in [4.78, 5) is 19.5. The lowest BCUT2D eigenvalue weighted by atomic mass is 9.87. The van der Waals surface area contributed by atoms with Gasteiger partial charge in [-0.05, 0) is 58.1 Å². The third-order valence-electron chi connectivity index (χ3n) is 4.46. The Kier molecular flexibility index (Phi) is 7.65. The van der Waals surface area contributed by atoms with Crippen LogP contribution in [0.3, 0.4) is 0 Å². The van der Waals surface area contributed by atoms with Crippen LogP contribution in [0.1, 0.15) is 33.1 Å². The van der Waals surface area contributed by atoms with Gasteiger partial charge in [0.15, 0.2) is 5.82 Å². The maximum Gasteiger partial charge on any atom is 0.404 e. The maximum atomic E-state index is 13.9. The van der Waals surface area contributed by atoms with Gasteiger partial charge < -0.3 is 24.8 Å². The fourth-order valence-corrected chi connectivity index (χ4v) is 3.36. The van der Waals surface area contributed by atoms with Crippen molar-refractivity contribution in [3.05, 3.63) is 52.7 Å². The molecule has 0 aliphatic heterocycles. The lowest BCUT2D eigenvalue weighted by molar-refractivity contribution is -0.0156. The lowest BCUT2D eigenvalue weighted by Gasteiger charge is -2.27. The molecule has 0 saturated heterocycles. The molecule has 0 spiro atoms. The van der Waals surface area contributed by atoms with Crippen molar-refractivity contribution in [1.29, 1.82) is 0 Å². The number of carbonyl (C=O) groups excluding carboxylic acids is 1. The zero-order chi connectivity index (χ0) is 24.2. The van der Waals surface area contributed by atoms with Gasteiger partial charge in [0.2, 0.25) is 11.7 Å². The summed E-state index contributed by atoms with van der Waals surface area (Å²) in [6, 6.07) is 7.82. The Morgan fingerprint density at radius 2 is 2.00 bits per heavy atom. The van der Waals surface area contributed by atoms with Gasteiger partial charge in [-0.15, -0.1) is 0 Å². The van der Waals surface area contributed by atoms with E-state index >= 15 is 0 Å². The van der Waals surface area contributed by atoms with Crippen molar-refractivity contribution in [3.63, 3.8) is 0 Å². The minimum Gasteiger partial charge on any atom is -0.443 e. The second-order valence-corrected chi connectivity index (χ2v) is 9.51. The molecule has 11 heteroatoms. The molecule has 3 rings (SSSR count). The van der Waals surface area contributed by atoms with Crippen molar-refractivity contribution >= 4 is 22.0 Å². The monoisotopic (exact) mass is 522 g/mol. The molecule has 3 N–H and O–H groups in total. The average Bonchev–Trinajstić information content (AvgIpc) is 3.17. The van der Waals surface area contributed by atoms with E-state index in [0.29, 0.717) is 22.2 Å². The van der Waals surface area contributed by atoms with E-state index in [0.717, 1.165) is 0 Å². The van der Waals surface area contributed by atoms with Crippen molar-refractivity contribution in [2.24, 2.45) is 11.1 Å². The normalized spacial score (nSPS) is 13.4. The number of primary amides is 1. The summed E-state index contributed by atoms with van der Waals surface area (Å²) < 4.78 is 30.2. The second kappa shape index (κ2) is 10.3. The molecule has 1 amide bonds. The van der Waals surface area contributed by atoms with E-state index in [9.17, 15) is 14.3 Å². The third-order valence-corrected chi connectivity index (χ3v) is 4.90. The van der Waals surface area contributed by atoms with Gasteiger partial charge in [-0.1, -0.05) is 25.9 Å². The van der Waals surface area contributed by atoms with Crippen LogP contribution in [0.2, 0.25) is 0 Å². The van der Waals surface area contributed by atoms with Crippen LogP contribution in [0.15, 0.2) is 45.5 Å². The number of ether oxygens (including phenoxy) is 2. The Labute approximate surface area is 198 Å². The molecule has 3 aromatic rings. The van der Waals surface area contributed by atoms with Gasteiger partial charge in [0.1, 0.15) is 11.9 Å². The van der Waals surface area contributed by atoms with Crippen LogP contribution in [-0.2, 0) is 11.2 Å².